The van der Waals surface area contributed by atoms with E-state index in [-0.39, 0.29) is 0 Å². The van der Waals surface area contributed by atoms with Gasteiger partial charge in [0.2, 0.25) is 0 Å². The van der Waals surface area contributed by atoms with Crippen LogP contribution in [0.15, 0.2) is 59.8 Å². The Morgan fingerprint density at radius 2 is 1.33 bits per heavy atom. The minimum Gasteiger partial charge on any atom is -0.0801 e. The highest BCUT2D eigenvalue weighted by Gasteiger charge is 2.04. The smallest absolute Gasteiger partial charge is 0.00915 e. The zero-order valence-electron chi connectivity index (χ0n) is 7.03. The van der Waals surface area contributed by atoms with Crippen LogP contribution >= 0.6 is 0 Å². The topological polar surface area (TPSA) is 0 Å². The SMILES string of the molecule is C1=CC=C(C2=CC=CC2)CC=C1. The van der Waals surface area contributed by atoms with Gasteiger partial charge in [0.25, 0.3) is 0 Å². The van der Waals surface area contributed by atoms with Gasteiger partial charge in [-0.25, -0.2) is 0 Å². The highest BCUT2D eigenvalue weighted by Crippen LogP contribution is 2.23. The van der Waals surface area contributed by atoms with Crippen molar-refractivity contribution in [2.45, 2.75) is 12.8 Å². The molecule has 0 atom stereocenters. The van der Waals surface area contributed by atoms with E-state index in [1.54, 1.807) is 0 Å². The van der Waals surface area contributed by atoms with Crippen LogP contribution in [-0.4, -0.2) is 0 Å². The minimum absolute atomic E-state index is 1.07. The average molecular weight is 156 g/mol. The zero-order chi connectivity index (χ0) is 8.23. The van der Waals surface area contributed by atoms with Crippen LogP contribution in [-0.2, 0) is 0 Å². The van der Waals surface area contributed by atoms with E-state index in [9.17, 15) is 0 Å². The monoisotopic (exact) mass is 156 g/mol. The van der Waals surface area contributed by atoms with E-state index in [1.807, 2.05) is 0 Å². The first kappa shape index (κ1) is 7.35. The summed E-state index contributed by atoms with van der Waals surface area (Å²) in [6.07, 6.45) is 19.4. The molecule has 0 N–H and O–H groups in total. The number of allylic oxidation sites excluding steroid dienone is 10. The summed E-state index contributed by atoms with van der Waals surface area (Å²) < 4.78 is 0. The fraction of sp³-hybridized carbons (Fsp3) is 0.167. The lowest BCUT2D eigenvalue weighted by atomic mass is 10.0. The Labute approximate surface area is 73.3 Å². The Hall–Kier alpha value is -1.30. The van der Waals surface area contributed by atoms with Gasteiger partial charge in [-0.2, -0.15) is 0 Å². The van der Waals surface area contributed by atoms with Crippen molar-refractivity contribution in [3.05, 3.63) is 59.8 Å². The lowest BCUT2D eigenvalue weighted by Crippen LogP contribution is -1.84. The summed E-state index contributed by atoms with van der Waals surface area (Å²) in [6, 6.07) is 0. The largest absolute Gasteiger partial charge is 0.0801 e. The predicted molar refractivity (Wildman–Crippen MR) is 52.8 cm³/mol. The van der Waals surface area contributed by atoms with Crippen LogP contribution in [0.25, 0.3) is 0 Å². The van der Waals surface area contributed by atoms with E-state index in [0.717, 1.165) is 12.8 Å². The fourth-order valence-electron chi connectivity index (χ4n) is 1.50. The second-order valence-corrected chi connectivity index (χ2v) is 3.03. The van der Waals surface area contributed by atoms with Crippen molar-refractivity contribution in [2.75, 3.05) is 0 Å². The van der Waals surface area contributed by atoms with Crippen molar-refractivity contribution < 1.29 is 0 Å². The molecule has 2 aliphatic carbocycles. The molecule has 0 amide bonds. The highest BCUT2D eigenvalue weighted by atomic mass is 14.1. The van der Waals surface area contributed by atoms with Gasteiger partial charge in [-0.1, -0.05) is 48.6 Å². The summed E-state index contributed by atoms with van der Waals surface area (Å²) in [5.74, 6) is 0. The van der Waals surface area contributed by atoms with Gasteiger partial charge in [0.15, 0.2) is 0 Å². The van der Waals surface area contributed by atoms with Gasteiger partial charge in [-0.05, 0) is 24.0 Å². The number of rotatable bonds is 1. The second-order valence-electron chi connectivity index (χ2n) is 3.03. The molecule has 0 fully saturated rings. The van der Waals surface area contributed by atoms with Crippen molar-refractivity contribution in [1.82, 2.24) is 0 Å². The van der Waals surface area contributed by atoms with E-state index in [1.165, 1.54) is 11.1 Å². The maximum absolute atomic E-state index is 2.21. The Kier molecular flexibility index (Phi) is 2.08. The minimum atomic E-state index is 1.07. The Balaban J connectivity index is 2.18. The average Bonchev–Trinajstić information content (AvgIpc) is 2.48. The van der Waals surface area contributed by atoms with E-state index < -0.39 is 0 Å². The maximum Gasteiger partial charge on any atom is -0.00915 e. The predicted octanol–water partition coefficient (Wildman–Crippen LogP) is 3.32. The number of hydrogen-bond donors (Lipinski definition) is 0. The molecule has 0 spiro atoms. The van der Waals surface area contributed by atoms with Crippen LogP contribution in [0.3, 0.4) is 0 Å². The van der Waals surface area contributed by atoms with Crippen LogP contribution in [0.5, 0.6) is 0 Å². The van der Waals surface area contributed by atoms with Gasteiger partial charge in [0.1, 0.15) is 0 Å². The van der Waals surface area contributed by atoms with E-state index >= 15 is 0 Å². The van der Waals surface area contributed by atoms with Gasteiger partial charge in [-0.15, -0.1) is 0 Å². The van der Waals surface area contributed by atoms with Crippen LogP contribution in [0.1, 0.15) is 12.8 Å². The molecule has 0 heteroatoms. The summed E-state index contributed by atoms with van der Waals surface area (Å²) in [7, 11) is 0. The van der Waals surface area contributed by atoms with Crippen molar-refractivity contribution >= 4 is 0 Å². The summed E-state index contributed by atoms with van der Waals surface area (Å²) in [6.45, 7) is 0. The molecule has 0 saturated carbocycles. The van der Waals surface area contributed by atoms with Gasteiger partial charge in [0, 0.05) is 0 Å². The lowest BCUT2D eigenvalue weighted by molar-refractivity contribution is 1.16. The molecule has 0 bridgehead atoms. The highest BCUT2D eigenvalue weighted by molar-refractivity contribution is 5.43. The number of hydrogen-bond acceptors (Lipinski definition) is 0. The molecular formula is C12H12. The van der Waals surface area contributed by atoms with Gasteiger partial charge >= 0.3 is 0 Å². The van der Waals surface area contributed by atoms with Crippen molar-refractivity contribution in [3.63, 3.8) is 0 Å². The molecule has 0 heterocycles. The normalized spacial score (nSPS) is 20.7. The molecule has 0 saturated heterocycles. The summed E-state index contributed by atoms with van der Waals surface area (Å²) in [5.41, 5.74) is 2.91. The van der Waals surface area contributed by atoms with E-state index in [2.05, 4.69) is 48.6 Å². The van der Waals surface area contributed by atoms with Gasteiger partial charge < -0.3 is 0 Å². The van der Waals surface area contributed by atoms with Crippen LogP contribution in [0, 0.1) is 0 Å². The van der Waals surface area contributed by atoms with Gasteiger partial charge in [0.05, 0.1) is 0 Å². The summed E-state index contributed by atoms with van der Waals surface area (Å²) in [4.78, 5) is 0. The molecule has 2 aliphatic rings. The lowest BCUT2D eigenvalue weighted by Gasteiger charge is -2.03. The second kappa shape index (κ2) is 3.40. The first-order valence-electron chi connectivity index (χ1n) is 4.35. The van der Waals surface area contributed by atoms with E-state index in [4.69, 9.17) is 0 Å². The molecule has 12 heavy (non-hydrogen) atoms. The molecule has 0 nitrogen and oxygen atoms in total. The molecule has 0 aromatic rings. The third kappa shape index (κ3) is 1.48. The molecule has 0 aliphatic heterocycles. The third-order valence-electron chi connectivity index (χ3n) is 2.18. The van der Waals surface area contributed by atoms with Crippen LogP contribution in [0.2, 0.25) is 0 Å². The van der Waals surface area contributed by atoms with Crippen LogP contribution in [0.4, 0.5) is 0 Å². The quantitative estimate of drug-likeness (QED) is 0.546. The third-order valence-corrected chi connectivity index (χ3v) is 2.18. The standard InChI is InChI=1S/C12H12/c1-2-4-8-11(7-3-1)12-9-5-6-10-12/h1-7,9H,8,10H2. The fourth-order valence-corrected chi connectivity index (χ4v) is 1.50. The Morgan fingerprint density at radius 1 is 0.667 bits per heavy atom. The molecule has 2 rings (SSSR count). The molecule has 0 aromatic carbocycles. The maximum atomic E-state index is 2.21. The van der Waals surface area contributed by atoms with E-state index in [0.29, 0.717) is 0 Å². The molecule has 0 radical (unpaired) electrons. The Bertz CT molecular complexity index is 309. The van der Waals surface area contributed by atoms with Crippen LogP contribution < -0.4 is 0 Å². The van der Waals surface area contributed by atoms with Crippen molar-refractivity contribution in [3.8, 4) is 0 Å². The first-order valence-corrected chi connectivity index (χ1v) is 4.35. The van der Waals surface area contributed by atoms with Crippen molar-refractivity contribution in [1.29, 1.82) is 0 Å². The van der Waals surface area contributed by atoms with Gasteiger partial charge in [-0.3, -0.25) is 0 Å². The molecule has 60 valence electrons. The molecular weight excluding hydrogens is 144 g/mol. The summed E-state index contributed by atoms with van der Waals surface area (Å²) in [5, 5.41) is 0. The van der Waals surface area contributed by atoms with Crippen molar-refractivity contribution in [2.24, 2.45) is 0 Å². The molecule has 0 unspecified atom stereocenters. The first-order chi connectivity index (χ1) is 5.97. The summed E-state index contributed by atoms with van der Waals surface area (Å²) >= 11 is 0. The Morgan fingerprint density at radius 3 is 2.00 bits per heavy atom. The zero-order valence-corrected chi connectivity index (χ0v) is 7.03. The molecule has 0 aromatic heterocycles.